The highest BCUT2D eigenvalue weighted by Gasteiger charge is 2.25. The fourth-order valence-electron chi connectivity index (χ4n) is 15.5. The van der Waals surface area contributed by atoms with Gasteiger partial charge in [0, 0.05) is 86.5 Å². The van der Waals surface area contributed by atoms with Crippen molar-refractivity contribution < 1.29 is 4.42 Å². The molecule has 0 aliphatic heterocycles. The van der Waals surface area contributed by atoms with Gasteiger partial charge in [0.05, 0.1) is 60.9 Å². The minimum absolute atomic E-state index is 0.566. The van der Waals surface area contributed by atoms with Gasteiger partial charge < -0.3 is 13.6 Å². The summed E-state index contributed by atoms with van der Waals surface area (Å²) >= 11 is 1.73. The van der Waals surface area contributed by atoms with E-state index in [9.17, 15) is 0 Å². The summed E-state index contributed by atoms with van der Waals surface area (Å²) in [6.07, 6.45) is 0. The van der Waals surface area contributed by atoms with Crippen LogP contribution < -0.4 is 0 Å². The maximum atomic E-state index is 6.51. The van der Waals surface area contributed by atoms with Crippen LogP contribution in [0.15, 0.2) is 320 Å². The highest BCUT2D eigenvalue weighted by Crippen LogP contribution is 2.45. The number of furan rings is 1. The van der Waals surface area contributed by atoms with E-state index in [-0.39, 0.29) is 0 Å². The zero-order valence-electron chi connectivity index (χ0n) is 52.4. The van der Waals surface area contributed by atoms with Gasteiger partial charge in [0.15, 0.2) is 0 Å². The molecule has 0 amide bonds. The van der Waals surface area contributed by atoms with Crippen molar-refractivity contribution in [3.05, 3.63) is 315 Å². The number of benzene rings is 14. The second-order valence-electron chi connectivity index (χ2n) is 25.3. The smallest absolute Gasteiger partial charge is 0.238 e. The second kappa shape index (κ2) is 21.2. The Morgan fingerprint density at radius 2 is 0.633 bits per heavy atom. The Hall–Kier alpha value is -13.0. The Kier molecular flexibility index (Phi) is 11.8. The van der Waals surface area contributed by atoms with E-state index < -0.39 is 0 Å². The zero-order chi connectivity index (χ0) is 64.1. The van der Waals surface area contributed by atoms with Crippen molar-refractivity contribution in [2.75, 3.05) is 0 Å². The molecule has 14 aromatic carbocycles. The van der Waals surface area contributed by atoms with Gasteiger partial charge in [-0.25, -0.2) is 15.0 Å². The van der Waals surface area contributed by atoms with Crippen LogP contribution in [-0.2, 0) is 0 Å². The van der Waals surface area contributed by atoms with E-state index >= 15 is 0 Å². The van der Waals surface area contributed by atoms with Gasteiger partial charge >= 0.3 is 0 Å². The molecule has 0 fully saturated rings. The SMILES string of the molecule is c1ccc(-n2c3ccccc3c3ccc(-c4nc(-n5c6ccccc6c6cc7ccccc7cc65)nc5oc6ccccc6c45)cc32)cc1.c1ccc(-n2c3ccccc3c3ccc(-c4nc(-n5c6ccccc6c6cc7ccccc7cc65)nc5sc6ccccc6c45)cc32)cc1. The number of para-hydroxylation sites is 7. The number of fused-ring (bicyclic) bond motifs is 20. The molecule has 22 rings (SSSR count). The Bertz CT molecular complexity index is 6650. The summed E-state index contributed by atoms with van der Waals surface area (Å²) in [6.45, 7) is 0. The molecule has 0 N–H and O–H groups in total. The van der Waals surface area contributed by atoms with Crippen LogP contribution in [0.4, 0.5) is 0 Å². The molecule has 0 aliphatic carbocycles. The Balaban J connectivity index is 0.000000129. The van der Waals surface area contributed by atoms with E-state index in [0.717, 1.165) is 104 Å². The third-order valence-electron chi connectivity index (χ3n) is 19.9. The van der Waals surface area contributed by atoms with E-state index in [1.54, 1.807) is 11.3 Å². The Labute approximate surface area is 562 Å². The van der Waals surface area contributed by atoms with Crippen LogP contribution in [0.5, 0.6) is 0 Å². The summed E-state index contributed by atoms with van der Waals surface area (Å²) in [5.41, 5.74) is 16.4. The summed E-state index contributed by atoms with van der Waals surface area (Å²) in [7, 11) is 0. The molecule has 0 saturated carbocycles. The normalized spacial score (nSPS) is 12.1. The van der Waals surface area contributed by atoms with E-state index in [1.807, 2.05) is 18.2 Å². The first-order valence-electron chi connectivity index (χ1n) is 33.0. The lowest BCUT2D eigenvalue weighted by Gasteiger charge is -2.12. The summed E-state index contributed by atoms with van der Waals surface area (Å²) in [5.74, 6) is 1.26. The largest absolute Gasteiger partial charge is 0.437 e. The fraction of sp³-hybridized carbons (Fsp3) is 0. The minimum atomic E-state index is 0.566. The maximum absolute atomic E-state index is 6.51. The van der Waals surface area contributed by atoms with Crippen LogP contribution in [-0.4, -0.2) is 38.2 Å². The number of nitrogens with zero attached hydrogens (tertiary/aromatic N) is 8. The first-order chi connectivity index (χ1) is 48.6. The topological polar surface area (TPSA) is 84.4 Å². The molecule has 0 aliphatic rings. The highest BCUT2D eigenvalue weighted by atomic mass is 32.1. The quantitative estimate of drug-likeness (QED) is 0.166. The molecule has 0 radical (unpaired) electrons. The van der Waals surface area contributed by atoms with Crippen molar-refractivity contribution in [3.8, 4) is 45.8 Å². The van der Waals surface area contributed by atoms with E-state index in [4.69, 9.17) is 24.4 Å². The first-order valence-corrected chi connectivity index (χ1v) is 33.8. The maximum Gasteiger partial charge on any atom is 0.238 e. The van der Waals surface area contributed by atoms with Crippen LogP contribution in [0, 0.1) is 0 Å². The lowest BCUT2D eigenvalue weighted by molar-refractivity contribution is 0.651. The van der Waals surface area contributed by atoms with Crippen LogP contribution in [0.2, 0.25) is 0 Å². The molecule has 9 nitrogen and oxygen atoms in total. The van der Waals surface area contributed by atoms with Crippen LogP contribution >= 0.6 is 11.3 Å². The van der Waals surface area contributed by atoms with Crippen LogP contribution in [0.3, 0.4) is 0 Å². The second-order valence-corrected chi connectivity index (χ2v) is 26.3. The number of hydrogen-bond acceptors (Lipinski definition) is 6. The summed E-state index contributed by atoms with van der Waals surface area (Å²) in [4.78, 5) is 22.5. The van der Waals surface area contributed by atoms with Gasteiger partial charge in [-0.1, -0.05) is 218 Å². The number of hydrogen-bond donors (Lipinski definition) is 0. The third-order valence-corrected chi connectivity index (χ3v) is 20.9. The lowest BCUT2D eigenvalue weighted by Crippen LogP contribution is -2.03. The summed E-state index contributed by atoms with van der Waals surface area (Å²) in [6, 6.07) is 112. The fourth-order valence-corrected chi connectivity index (χ4v) is 16.6. The molecular weight excluding hydrogens is 1220 g/mol. The van der Waals surface area contributed by atoms with Crippen molar-refractivity contribution in [1.82, 2.24) is 38.2 Å². The molecule has 456 valence electrons. The van der Waals surface area contributed by atoms with Crippen molar-refractivity contribution in [3.63, 3.8) is 0 Å². The van der Waals surface area contributed by atoms with Gasteiger partial charge in [-0.05, 0) is 119 Å². The molecule has 0 bridgehead atoms. The van der Waals surface area contributed by atoms with Gasteiger partial charge in [0.1, 0.15) is 10.4 Å². The lowest BCUT2D eigenvalue weighted by atomic mass is 10.0. The molecule has 0 unspecified atom stereocenters. The molecular formula is C88H52N8OS. The van der Waals surface area contributed by atoms with Gasteiger partial charge in [-0.3, -0.25) is 9.13 Å². The van der Waals surface area contributed by atoms with Crippen molar-refractivity contribution in [2.45, 2.75) is 0 Å². The van der Waals surface area contributed by atoms with E-state index in [1.165, 1.54) is 75.0 Å². The molecule has 10 heteroatoms. The van der Waals surface area contributed by atoms with E-state index in [0.29, 0.717) is 17.6 Å². The highest BCUT2D eigenvalue weighted by molar-refractivity contribution is 7.25. The van der Waals surface area contributed by atoms with Gasteiger partial charge in [-0.15, -0.1) is 11.3 Å². The molecule has 22 aromatic rings. The van der Waals surface area contributed by atoms with Gasteiger partial charge in [0.2, 0.25) is 17.6 Å². The average Bonchev–Trinajstić information content (AvgIpc) is 1.56. The number of rotatable bonds is 6. The number of thiophene rings is 1. The molecule has 0 atom stereocenters. The van der Waals surface area contributed by atoms with Crippen molar-refractivity contribution in [1.29, 1.82) is 0 Å². The van der Waals surface area contributed by atoms with Crippen LogP contribution in [0.1, 0.15) is 0 Å². The zero-order valence-corrected chi connectivity index (χ0v) is 53.2. The average molecular weight is 1270 g/mol. The van der Waals surface area contributed by atoms with Gasteiger partial charge in [0.25, 0.3) is 0 Å². The van der Waals surface area contributed by atoms with Crippen molar-refractivity contribution >= 4 is 162 Å². The summed E-state index contributed by atoms with van der Waals surface area (Å²) in [5, 5.41) is 18.6. The van der Waals surface area contributed by atoms with Gasteiger partial charge in [-0.2, -0.15) is 4.98 Å². The monoisotopic (exact) mass is 1270 g/mol. The molecule has 8 heterocycles. The standard InChI is InChI=1S/C44H26N4O.C44H26N4S/c2*1-2-14-30(15-3-1)47-36-19-9-6-16-31(36)33-23-22-29(26-38(33)47)42-41-34-18-8-11-21-40(34)49-43(41)46-44(45-42)48-37-20-10-7-17-32(37)35-24-27-12-4-5-13-28(27)25-39(35)48/h2*1-26H. The Morgan fingerprint density at radius 3 is 1.15 bits per heavy atom. The molecule has 8 aromatic heterocycles. The minimum Gasteiger partial charge on any atom is -0.437 e. The molecule has 0 saturated heterocycles. The van der Waals surface area contributed by atoms with Crippen LogP contribution in [0.25, 0.3) is 197 Å². The summed E-state index contributed by atoms with van der Waals surface area (Å²) < 4.78 is 16.9. The van der Waals surface area contributed by atoms with Crippen molar-refractivity contribution in [2.24, 2.45) is 0 Å². The van der Waals surface area contributed by atoms with E-state index in [2.05, 4.69) is 316 Å². The molecule has 0 spiro atoms. The third kappa shape index (κ3) is 8.19. The predicted molar refractivity (Wildman–Crippen MR) is 407 cm³/mol. The Morgan fingerprint density at radius 1 is 0.255 bits per heavy atom. The molecule has 98 heavy (non-hydrogen) atoms. The number of aromatic nitrogens is 8. The predicted octanol–water partition coefficient (Wildman–Crippen LogP) is 23.2. The first kappa shape index (κ1) is 54.4.